The Kier molecular flexibility index (Phi) is 4.98. The summed E-state index contributed by atoms with van der Waals surface area (Å²) in [6.45, 7) is 13.3. The van der Waals surface area contributed by atoms with Gasteiger partial charge in [-0.2, -0.15) is 0 Å². The zero-order valence-electron chi connectivity index (χ0n) is 14.4. The fraction of sp³-hybridized carbons (Fsp3) is 0.684. The van der Waals surface area contributed by atoms with Crippen molar-refractivity contribution in [3.8, 4) is 5.75 Å². The van der Waals surface area contributed by atoms with Crippen LogP contribution in [0.1, 0.15) is 58.6 Å². The van der Waals surface area contributed by atoms with Crippen LogP contribution in [0.3, 0.4) is 0 Å². The molecule has 2 rings (SSSR count). The SMILES string of the molecule is CC(C)(CCc1ccc2c(c1)CCCO2)CNC(C)(C)C. The Hall–Kier alpha value is -1.02. The molecule has 0 bridgehead atoms. The van der Waals surface area contributed by atoms with Crippen LogP contribution in [0.5, 0.6) is 5.75 Å². The van der Waals surface area contributed by atoms with Crippen molar-refractivity contribution in [2.75, 3.05) is 13.2 Å². The minimum Gasteiger partial charge on any atom is -0.493 e. The monoisotopic (exact) mass is 289 g/mol. The second kappa shape index (κ2) is 6.39. The fourth-order valence-electron chi connectivity index (χ4n) is 2.64. The summed E-state index contributed by atoms with van der Waals surface area (Å²) >= 11 is 0. The lowest BCUT2D eigenvalue weighted by molar-refractivity contribution is 0.273. The van der Waals surface area contributed by atoms with Gasteiger partial charge in [0, 0.05) is 12.1 Å². The largest absolute Gasteiger partial charge is 0.493 e. The van der Waals surface area contributed by atoms with E-state index in [-0.39, 0.29) is 5.54 Å². The lowest BCUT2D eigenvalue weighted by Crippen LogP contribution is -2.42. The maximum absolute atomic E-state index is 5.69. The van der Waals surface area contributed by atoms with Gasteiger partial charge in [0.2, 0.25) is 0 Å². The van der Waals surface area contributed by atoms with E-state index in [1.807, 2.05) is 0 Å². The summed E-state index contributed by atoms with van der Waals surface area (Å²) in [4.78, 5) is 0. The maximum Gasteiger partial charge on any atom is 0.122 e. The molecule has 1 heterocycles. The molecule has 1 aliphatic rings. The molecule has 118 valence electrons. The van der Waals surface area contributed by atoms with Gasteiger partial charge < -0.3 is 10.1 Å². The molecule has 0 amide bonds. The first kappa shape index (κ1) is 16.4. The summed E-state index contributed by atoms with van der Waals surface area (Å²) in [7, 11) is 0. The highest BCUT2D eigenvalue weighted by Crippen LogP contribution is 2.28. The van der Waals surface area contributed by atoms with E-state index in [0.29, 0.717) is 5.41 Å². The van der Waals surface area contributed by atoms with Crippen LogP contribution in [0.4, 0.5) is 0 Å². The quantitative estimate of drug-likeness (QED) is 0.869. The number of nitrogens with one attached hydrogen (secondary N) is 1. The minimum absolute atomic E-state index is 0.195. The molecule has 0 saturated carbocycles. The third kappa shape index (κ3) is 5.35. The van der Waals surface area contributed by atoms with Gasteiger partial charge in [-0.1, -0.05) is 26.0 Å². The highest BCUT2D eigenvalue weighted by molar-refractivity contribution is 5.38. The summed E-state index contributed by atoms with van der Waals surface area (Å²) in [5.41, 5.74) is 3.35. The Morgan fingerprint density at radius 1 is 1.14 bits per heavy atom. The van der Waals surface area contributed by atoms with Crippen LogP contribution >= 0.6 is 0 Å². The van der Waals surface area contributed by atoms with Crippen molar-refractivity contribution in [1.82, 2.24) is 5.32 Å². The molecule has 21 heavy (non-hydrogen) atoms. The molecule has 0 spiro atoms. The normalized spacial score (nSPS) is 15.5. The number of fused-ring (bicyclic) bond motifs is 1. The zero-order valence-corrected chi connectivity index (χ0v) is 14.4. The molecule has 1 aromatic rings. The van der Waals surface area contributed by atoms with Gasteiger partial charge in [-0.15, -0.1) is 0 Å². The highest BCUT2D eigenvalue weighted by atomic mass is 16.5. The molecular weight excluding hydrogens is 258 g/mol. The van der Waals surface area contributed by atoms with E-state index in [4.69, 9.17) is 4.74 Å². The second-order valence-electron chi connectivity index (χ2n) is 8.16. The summed E-state index contributed by atoms with van der Waals surface area (Å²) in [6, 6.07) is 6.74. The predicted octanol–water partition coefficient (Wildman–Crippen LogP) is 4.36. The van der Waals surface area contributed by atoms with Gasteiger partial charge in [0.05, 0.1) is 6.61 Å². The first-order valence-electron chi connectivity index (χ1n) is 8.25. The third-order valence-electron chi connectivity index (χ3n) is 4.16. The molecule has 0 aliphatic carbocycles. The Balaban J connectivity index is 1.90. The average Bonchev–Trinajstić information content (AvgIpc) is 2.42. The molecule has 0 unspecified atom stereocenters. The Morgan fingerprint density at radius 2 is 1.90 bits per heavy atom. The molecule has 2 heteroatoms. The van der Waals surface area contributed by atoms with E-state index >= 15 is 0 Å². The lowest BCUT2D eigenvalue weighted by Gasteiger charge is -2.30. The van der Waals surface area contributed by atoms with Gasteiger partial charge in [-0.3, -0.25) is 0 Å². The van der Waals surface area contributed by atoms with Crippen LogP contribution in [0, 0.1) is 5.41 Å². The van der Waals surface area contributed by atoms with Crippen LogP contribution in [-0.4, -0.2) is 18.7 Å². The molecular formula is C19H31NO. The Labute approximate surface area is 130 Å². The maximum atomic E-state index is 5.69. The summed E-state index contributed by atoms with van der Waals surface area (Å²) in [5.74, 6) is 1.10. The number of ether oxygens (including phenoxy) is 1. The Bertz CT molecular complexity index is 471. The van der Waals surface area contributed by atoms with Crippen LogP contribution in [0.15, 0.2) is 18.2 Å². The second-order valence-corrected chi connectivity index (χ2v) is 8.16. The number of aryl methyl sites for hydroxylation is 2. The number of hydrogen-bond donors (Lipinski definition) is 1. The lowest BCUT2D eigenvalue weighted by atomic mass is 9.85. The highest BCUT2D eigenvalue weighted by Gasteiger charge is 2.21. The molecule has 1 aromatic carbocycles. The summed E-state index contributed by atoms with van der Waals surface area (Å²) in [5, 5.41) is 3.63. The van der Waals surface area contributed by atoms with Gasteiger partial charge in [0.1, 0.15) is 5.75 Å². The van der Waals surface area contributed by atoms with E-state index in [2.05, 4.69) is 58.1 Å². The molecule has 0 aromatic heterocycles. The van der Waals surface area contributed by atoms with Gasteiger partial charge in [-0.25, -0.2) is 0 Å². The first-order chi connectivity index (χ1) is 9.75. The predicted molar refractivity (Wildman–Crippen MR) is 90.1 cm³/mol. The number of benzene rings is 1. The summed E-state index contributed by atoms with van der Waals surface area (Å²) < 4.78 is 5.69. The van der Waals surface area contributed by atoms with Crippen molar-refractivity contribution in [3.05, 3.63) is 29.3 Å². The van der Waals surface area contributed by atoms with Gasteiger partial charge in [-0.05, 0) is 69.1 Å². The van der Waals surface area contributed by atoms with Crippen LogP contribution < -0.4 is 10.1 Å². The molecule has 0 atom stereocenters. The van der Waals surface area contributed by atoms with Gasteiger partial charge in [0.25, 0.3) is 0 Å². The van der Waals surface area contributed by atoms with Crippen LogP contribution in [-0.2, 0) is 12.8 Å². The Morgan fingerprint density at radius 3 is 2.62 bits per heavy atom. The van der Waals surface area contributed by atoms with Crippen molar-refractivity contribution in [1.29, 1.82) is 0 Å². The van der Waals surface area contributed by atoms with E-state index < -0.39 is 0 Å². The summed E-state index contributed by atoms with van der Waals surface area (Å²) in [6.07, 6.45) is 4.66. The first-order valence-corrected chi connectivity index (χ1v) is 8.25. The average molecular weight is 289 g/mol. The molecule has 0 saturated heterocycles. The van der Waals surface area contributed by atoms with E-state index in [0.717, 1.165) is 38.2 Å². The number of hydrogen-bond acceptors (Lipinski definition) is 2. The molecule has 1 N–H and O–H groups in total. The van der Waals surface area contributed by atoms with Crippen molar-refractivity contribution < 1.29 is 4.74 Å². The molecule has 0 radical (unpaired) electrons. The third-order valence-corrected chi connectivity index (χ3v) is 4.16. The van der Waals surface area contributed by atoms with Crippen molar-refractivity contribution in [3.63, 3.8) is 0 Å². The molecule has 0 fully saturated rings. The smallest absolute Gasteiger partial charge is 0.122 e. The fourth-order valence-corrected chi connectivity index (χ4v) is 2.64. The zero-order chi connectivity index (χ0) is 15.5. The van der Waals surface area contributed by atoms with E-state index in [1.54, 1.807) is 0 Å². The van der Waals surface area contributed by atoms with E-state index in [9.17, 15) is 0 Å². The minimum atomic E-state index is 0.195. The number of rotatable bonds is 5. The standard InChI is InChI=1S/C19H31NO/c1-18(2,3)20-14-19(4,5)11-10-15-8-9-17-16(13-15)7-6-12-21-17/h8-9,13,20H,6-7,10-12,14H2,1-5H3. The van der Waals surface area contributed by atoms with Crippen LogP contribution in [0.2, 0.25) is 0 Å². The molecule has 2 nitrogen and oxygen atoms in total. The van der Waals surface area contributed by atoms with Crippen molar-refractivity contribution >= 4 is 0 Å². The van der Waals surface area contributed by atoms with E-state index in [1.165, 1.54) is 17.5 Å². The van der Waals surface area contributed by atoms with Gasteiger partial charge in [0.15, 0.2) is 0 Å². The van der Waals surface area contributed by atoms with Crippen LogP contribution in [0.25, 0.3) is 0 Å². The molecule has 1 aliphatic heterocycles. The van der Waals surface area contributed by atoms with Crippen molar-refractivity contribution in [2.45, 2.75) is 65.8 Å². The van der Waals surface area contributed by atoms with Gasteiger partial charge >= 0.3 is 0 Å². The van der Waals surface area contributed by atoms with Crippen molar-refractivity contribution in [2.24, 2.45) is 5.41 Å². The topological polar surface area (TPSA) is 21.3 Å².